The van der Waals surface area contributed by atoms with E-state index in [1.54, 1.807) is 19.2 Å². The predicted octanol–water partition coefficient (Wildman–Crippen LogP) is 0.850. The molecule has 1 amide bonds. The Kier molecular flexibility index (Phi) is 5.48. The van der Waals surface area contributed by atoms with Gasteiger partial charge in [-0.1, -0.05) is 0 Å². The fourth-order valence-electron chi connectivity index (χ4n) is 2.70. The number of amides is 1. The number of nitrogens with zero attached hydrogens (tertiary/aromatic N) is 1. The molecule has 128 valence electrons. The van der Waals surface area contributed by atoms with Crippen LogP contribution in [0.5, 0.6) is 11.5 Å². The summed E-state index contributed by atoms with van der Waals surface area (Å²) in [5, 5.41) is 2.58. The Labute approximate surface area is 136 Å². The van der Waals surface area contributed by atoms with E-state index in [1.807, 2.05) is 0 Å². The van der Waals surface area contributed by atoms with Crippen molar-refractivity contribution >= 4 is 15.9 Å². The highest BCUT2D eigenvalue weighted by molar-refractivity contribution is 7.89. The zero-order chi connectivity index (χ0) is 17.0. The monoisotopic (exact) mass is 342 g/mol. The first-order chi connectivity index (χ1) is 10.9. The highest BCUT2D eigenvalue weighted by atomic mass is 32.2. The molecule has 0 bridgehead atoms. The molecule has 7 nitrogen and oxygen atoms in total. The van der Waals surface area contributed by atoms with Gasteiger partial charge in [-0.25, -0.2) is 8.42 Å². The van der Waals surface area contributed by atoms with E-state index in [-0.39, 0.29) is 29.0 Å². The van der Waals surface area contributed by atoms with Gasteiger partial charge in [0.15, 0.2) is 0 Å². The number of hydrogen-bond donors (Lipinski definition) is 1. The van der Waals surface area contributed by atoms with Gasteiger partial charge in [0.2, 0.25) is 15.9 Å². The summed E-state index contributed by atoms with van der Waals surface area (Å²) in [7, 11) is 0.687. The number of carbonyl (C=O) groups is 1. The largest absolute Gasteiger partial charge is 0.497 e. The van der Waals surface area contributed by atoms with Crippen LogP contribution in [0.25, 0.3) is 0 Å². The number of hydrogen-bond acceptors (Lipinski definition) is 5. The molecule has 1 N–H and O–H groups in total. The SMILES string of the molecule is CNC(=O)C1CCCN(S(=O)(=O)c2cc(OC)ccc2OC)C1. The zero-order valence-corrected chi connectivity index (χ0v) is 14.4. The number of sulfonamides is 1. The quantitative estimate of drug-likeness (QED) is 0.857. The second-order valence-corrected chi connectivity index (χ2v) is 7.24. The minimum atomic E-state index is -3.76. The molecule has 1 heterocycles. The molecule has 1 unspecified atom stereocenters. The predicted molar refractivity (Wildman–Crippen MR) is 85.1 cm³/mol. The molecule has 8 heteroatoms. The minimum Gasteiger partial charge on any atom is -0.497 e. The fourth-order valence-corrected chi connectivity index (χ4v) is 4.40. The summed E-state index contributed by atoms with van der Waals surface area (Å²) in [5.74, 6) is 0.222. The molecule has 23 heavy (non-hydrogen) atoms. The highest BCUT2D eigenvalue weighted by Gasteiger charge is 2.34. The molecule has 1 aliphatic rings. The van der Waals surface area contributed by atoms with E-state index in [2.05, 4.69) is 5.32 Å². The molecule has 0 saturated carbocycles. The number of ether oxygens (including phenoxy) is 2. The molecule has 1 aliphatic heterocycles. The molecule has 1 atom stereocenters. The van der Waals surface area contributed by atoms with Crippen LogP contribution in [0.4, 0.5) is 0 Å². The molecule has 0 aromatic heterocycles. The van der Waals surface area contributed by atoms with E-state index in [0.717, 1.165) is 0 Å². The fraction of sp³-hybridized carbons (Fsp3) is 0.533. The Morgan fingerprint density at radius 1 is 1.30 bits per heavy atom. The summed E-state index contributed by atoms with van der Waals surface area (Å²) in [4.78, 5) is 11.9. The van der Waals surface area contributed by atoms with Gasteiger partial charge in [-0.3, -0.25) is 4.79 Å². The van der Waals surface area contributed by atoms with Crippen LogP contribution in [0.3, 0.4) is 0 Å². The summed E-state index contributed by atoms with van der Waals surface area (Å²) in [6.45, 7) is 0.554. The number of benzene rings is 1. The van der Waals surface area contributed by atoms with Crippen LogP contribution in [-0.2, 0) is 14.8 Å². The van der Waals surface area contributed by atoms with Crippen molar-refractivity contribution in [1.82, 2.24) is 9.62 Å². The topological polar surface area (TPSA) is 84.9 Å². The first-order valence-electron chi connectivity index (χ1n) is 7.37. The molecular weight excluding hydrogens is 320 g/mol. The van der Waals surface area contributed by atoms with Crippen LogP contribution in [0.2, 0.25) is 0 Å². The van der Waals surface area contributed by atoms with Crippen LogP contribution in [0.15, 0.2) is 23.1 Å². The summed E-state index contributed by atoms with van der Waals surface area (Å²) in [6, 6.07) is 4.64. The van der Waals surface area contributed by atoms with Crippen LogP contribution in [0, 0.1) is 5.92 Å². The van der Waals surface area contributed by atoms with Crippen molar-refractivity contribution in [2.75, 3.05) is 34.4 Å². The second-order valence-electron chi connectivity index (χ2n) is 5.33. The number of carbonyl (C=O) groups excluding carboxylic acids is 1. The summed E-state index contributed by atoms with van der Waals surface area (Å²) in [6.07, 6.45) is 1.32. The van der Waals surface area contributed by atoms with Gasteiger partial charge in [0.05, 0.1) is 20.1 Å². The van der Waals surface area contributed by atoms with Crippen LogP contribution in [0.1, 0.15) is 12.8 Å². The molecular formula is C15H22N2O5S. The maximum absolute atomic E-state index is 13.0. The van der Waals surface area contributed by atoms with E-state index in [0.29, 0.717) is 25.1 Å². The molecule has 0 spiro atoms. The van der Waals surface area contributed by atoms with Gasteiger partial charge < -0.3 is 14.8 Å². The van der Waals surface area contributed by atoms with Crippen molar-refractivity contribution in [1.29, 1.82) is 0 Å². The van der Waals surface area contributed by atoms with Crippen molar-refractivity contribution in [2.45, 2.75) is 17.7 Å². The molecule has 2 rings (SSSR count). The van der Waals surface area contributed by atoms with E-state index >= 15 is 0 Å². The minimum absolute atomic E-state index is 0.0527. The summed E-state index contributed by atoms with van der Waals surface area (Å²) < 4.78 is 37.5. The average Bonchev–Trinajstić information content (AvgIpc) is 2.60. The third kappa shape index (κ3) is 3.59. The molecule has 1 aromatic rings. The van der Waals surface area contributed by atoms with Crippen molar-refractivity contribution < 1.29 is 22.7 Å². The third-order valence-electron chi connectivity index (χ3n) is 3.99. The van der Waals surface area contributed by atoms with Crippen molar-refractivity contribution in [3.8, 4) is 11.5 Å². The number of methoxy groups -OCH3 is 2. The highest BCUT2D eigenvalue weighted by Crippen LogP contribution is 2.32. The third-order valence-corrected chi connectivity index (χ3v) is 5.88. The average molecular weight is 342 g/mol. The van der Waals surface area contributed by atoms with E-state index < -0.39 is 10.0 Å². The second kappa shape index (κ2) is 7.18. The maximum Gasteiger partial charge on any atom is 0.246 e. The Hall–Kier alpha value is -1.80. The molecule has 1 fully saturated rings. The normalized spacial score (nSPS) is 19.2. The lowest BCUT2D eigenvalue weighted by atomic mass is 9.99. The van der Waals surface area contributed by atoms with Gasteiger partial charge in [-0.05, 0) is 25.0 Å². The van der Waals surface area contributed by atoms with Crippen LogP contribution < -0.4 is 14.8 Å². The first kappa shape index (κ1) is 17.6. The van der Waals surface area contributed by atoms with Crippen molar-refractivity contribution in [2.24, 2.45) is 5.92 Å². The Balaban J connectivity index is 2.36. The molecule has 1 saturated heterocycles. The lowest BCUT2D eigenvalue weighted by molar-refractivity contribution is -0.125. The number of piperidine rings is 1. The number of nitrogens with one attached hydrogen (secondary N) is 1. The zero-order valence-electron chi connectivity index (χ0n) is 13.5. The van der Waals surface area contributed by atoms with Gasteiger partial charge >= 0.3 is 0 Å². The standard InChI is InChI=1S/C15H22N2O5S/c1-16-15(18)11-5-4-8-17(10-11)23(19,20)14-9-12(21-2)6-7-13(14)22-3/h6-7,9,11H,4-5,8,10H2,1-3H3,(H,16,18). The van der Waals surface area contributed by atoms with E-state index in [4.69, 9.17) is 9.47 Å². The lowest BCUT2D eigenvalue weighted by Gasteiger charge is -2.31. The number of rotatable bonds is 5. The molecule has 0 aliphatic carbocycles. The van der Waals surface area contributed by atoms with Gasteiger partial charge in [-0.15, -0.1) is 0 Å². The Bertz CT molecular complexity index is 674. The van der Waals surface area contributed by atoms with E-state index in [1.165, 1.54) is 24.6 Å². The van der Waals surface area contributed by atoms with Crippen molar-refractivity contribution in [3.63, 3.8) is 0 Å². The smallest absolute Gasteiger partial charge is 0.246 e. The lowest BCUT2D eigenvalue weighted by Crippen LogP contribution is -2.44. The molecule has 1 aromatic carbocycles. The first-order valence-corrected chi connectivity index (χ1v) is 8.81. The van der Waals surface area contributed by atoms with Gasteiger partial charge in [0, 0.05) is 26.2 Å². The van der Waals surface area contributed by atoms with Crippen LogP contribution >= 0.6 is 0 Å². The van der Waals surface area contributed by atoms with Gasteiger partial charge in [0.25, 0.3) is 0 Å². The van der Waals surface area contributed by atoms with Crippen LogP contribution in [-0.4, -0.2) is 53.0 Å². The summed E-state index contributed by atoms with van der Waals surface area (Å²) in [5.41, 5.74) is 0. The maximum atomic E-state index is 13.0. The Morgan fingerprint density at radius 2 is 2.04 bits per heavy atom. The summed E-state index contributed by atoms with van der Waals surface area (Å²) >= 11 is 0. The molecule has 0 radical (unpaired) electrons. The van der Waals surface area contributed by atoms with Gasteiger partial charge in [0.1, 0.15) is 16.4 Å². The van der Waals surface area contributed by atoms with Gasteiger partial charge in [-0.2, -0.15) is 4.31 Å². The van der Waals surface area contributed by atoms with Crippen molar-refractivity contribution in [3.05, 3.63) is 18.2 Å². The van der Waals surface area contributed by atoms with E-state index in [9.17, 15) is 13.2 Å². The Morgan fingerprint density at radius 3 is 2.65 bits per heavy atom.